The number of anilines is 1. The number of hydrogen-bond acceptors (Lipinski definition) is 4. The predicted molar refractivity (Wildman–Crippen MR) is 80.4 cm³/mol. The summed E-state index contributed by atoms with van der Waals surface area (Å²) in [4.78, 5) is 22.9. The third-order valence-electron chi connectivity index (χ3n) is 2.59. The molecule has 2 aromatic rings. The van der Waals surface area contributed by atoms with Crippen LogP contribution in [0.3, 0.4) is 0 Å². The molecule has 1 heterocycles. The van der Waals surface area contributed by atoms with Crippen LogP contribution in [0.25, 0.3) is 0 Å². The maximum Gasteiger partial charge on any atom is 0.371 e. The number of carboxylic acid groups (broad SMARTS) is 1. The van der Waals surface area contributed by atoms with Gasteiger partial charge in [-0.15, -0.1) is 0 Å². The number of hydrogen-bond donors (Lipinski definition) is 2. The minimum absolute atomic E-state index is 0.0806. The number of carboxylic acids is 1. The highest BCUT2D eigenvalue weighted by Crippen LogP contribution is 2.28. The van der Waals surface area contributed by atoms with Gasteiger partial charge >= 0.3 is 5.97 Å². The van der Waals surface area contributed by atoms with Gasteiger partial charge in [0.1, 0.15) is 11.4 Å². The number of furan rings is 1. The van der Waals surface area contributed by atoms with E-state index < -0.39 is 17.5 Å². The molecule has 0 radical (unpaired) electrons. The molecule has 1 aromatic heterocycles. The first kappa shape index (κ1) is 15.6. The van der Waals surface area contributed by atoms with E-state index in [2.05, 4.69) is 5.32 Å². The highest BCUT2D eigenvalue weighted by atomic mass is 16.5. The zero-order valence-electron chi connectivity index (χ0n) is 12.5. The van der Waals surface area contributed by atoms with Gasteiger partial charge in [0.2, 0.25) is 5.76 Å². The Morgan fingerprint density at radius 3 is 2.32 bits per heavy atom. The number of carbonyl (C=O) groups excluding carboxylic acids is 1. The molecule has 6 heteroatoms. The number of benzene rings is 1. The Hall–Kier alpha value is -2.76. The van der Waals surface area contributed by atoms with Crippen LogP contribution in [0.5, 0.6) is 5.75 Å². The Bertz CT molecular complexity index is 697. The molecule has 0 aliphatic heterocycles. The van der Waals surface area contributed by atoms with Crippen molar-refractivity contribution in [3.05, 3.63) is 47.9 Å². The third-order valence-corrected chi connectivity index (χ3v) is 2.59. The van der Waals surface area contributed by atoms with Gasteiger partial charge < -0.3 is 19.6 Å². The van der Waals surface area contributed by atoms with Gasteiger partial charge in [-0.05, 0) is 45.0 Å². The second kappa shape index (κ2) is 5.93. The number of amides is 1. The summed E-state index contributed by atoms with van der Waals surface area (Å²) in [5, 5.41) is 11.4. The first-order valence-electron chi connectivity index (χ1n) is 6.69. The number of nitrogens with one attached hydrogen (secondary N) is 1. The van der Waals surface area contributed by atoms with Crippen LogP contribution in [0.15, 0.2) is 40.8 Å². The fourth-order valence-corrected chi connectivity index (χ4v) is 1.75. The van der Waals surface area contributed by atoms with Gasteiger partial charge in [0.25, 0.3) is 5.91 Å². The molecule has 6 nitrogen and oxygen atoms in total. The number of carbonyl (C=O) groups is 2. The van der Waals surface area contributed by atoms with Gasteiger partial charge in [0.05, 0.1) is 5.69 Å². The summed E-state index contributed by atoms with van der Waals surface area (Å²) in [5.74, 6) is -1.62. The quantitative estimate of drug-likeness (QED) is 0.903. The van der Waals surface area contributed by atoms with Crippen molar-refractivity contribution in [1.82, 2.24) is 0 Å². The molecular formula is C16H17NO5. The lowest BCUT2D eigenvalue weighted by Crippen LogP contribution is -2.24. The normalized spacial score (nSPS) is 11.0. The zero-order chi connectivity index (χ0) is 16.3. The second-order valence-electron chi connectivity index (χ2n) is 5.63. The smallest absolute Gasteiger partial charge is 0.371 e. The van der Waals surface area contributed by atoms with Crippen LogP contribution >= 0.6 is 0 Å². The fourth-order valence-electron chi connectivity index (χ4n) is 1.75. The summed E-state index contributed by atoms with van der Waals surface area (Å²) in [7, 11) is 0. The molecular weight excluding hydrogens is 286 g/mol. The predicted octanol–water partition coefficient (Wildman–Crippen LogP) is 3.41. The van der Waals surface area contributed by atoms with Crippen molar-refractivity contribution in [2.24, 2.45) is 0 Å². The van der Waals surface area contributed by atoms with Crippen LogP contribution in [0.4, 0.5) is 5.69 Å². The van der Waals surface area contributed by atoms with Crippen molar-refractivity contribution in [3.8, 4) is 5.75 Å². The van der Waals surface area contributed by atoms with E-state index >= 15 is 0 Å². The maximum atomic E-state index is 12.1. The van der Waals surface area contributed by atoms with Crippen molar-refractivity contribution < 1.29 is 23.8 Å². The molecule has 2 N–H and O–H groups in total. The van der Waals surface area contributed by atoms with Crippen LogP contribution in [-0.4, -0.2) is 22.6 Å². The van der Waals surface area contributed by atoms with E-state index in [0.29, 0.717) is 11.4 Å². The van der Waals surface area contributed by atoms with E-state index in [1.54, 1.807) is 24.3 Å². The standard InChI is InChI=1S/C16H17NO5/c1-16(2,3)22-11-7-5-4-6-10(11)17-14(18)12-8-9-13(21-12)15(19)20/h4-9H,1-3H3,(H,17,18)(H,19,20). The average molecular weight is 303 g/mol. The number of ether oxygens (including phenoxy) is 1. The molecule has 0 saturated heterocycles. The van der Waals surface area contributed by atoms with E-state index in [1.807, 2.05) is 20.8 Å². The lowest BCUT2D eigenvalue weighted by atomic mass is 10.2. The lowest BCUT2D eigenvalue weighted by Gasteiger charge is -2.23. The number of aromatic carboxylic acids is 1. The molecule has 2 rings (SSSR count). The Labute approximate surface area is 127 Å². The maximum absolute atomic E-state index is 12.1. The minimum Gasteiger partial charge on any atom is -0.486 e. The van der Waals surface area contributed by atoms with Crippen LogP contribution in [0.1, 0.15) is 41.9 Å². The van der Waals surface area contributed by atoms with Gasteiger partial charge in [-0.1, -0.05) is 12.1 Å². The third kappa shape index (κ3) is 3.88. The van der Waals surface area contributed by atoms with E-state index in [-0.39, 0.29) is 11.5 Å². The van der Waals surface area contributed by atoms with Crippen molar-refractivity contribution in [1.29, 1.82) is 0 Å². The highest BCUT2D eigenvalue weighted by molar-refractivity contribution is 6.03. The first-order valence-corrected chi connectivity index (χ1v) is 6.69. The average Bonchev–Trinajstić information content (AvgIpc) is 2.89. The molecule has 0 aliphatic carbocycles. The largest absolute Gasteiger partial charge is 0.486 e. The Morgan fingerprint density at radius 1 is 1.09 bits per heavy atom. The monoisotopic (exact) mass is 303 g/mol. The van der Waals surface area contributed by atoms with Crippen LogP contribution in [0, 0.1) is 0 Å². The fraction of sp³-hybridized carbons (Fsp3) is 0.250. The minimum atomic E-state index is -1.23. The Kier molecular flexibility index (Phi) is 4.21. The molecule has 1 amide bonds. The van der Waals surface area contributed by atoms with E-state index in [9.17, 15) is 9.59 Å². The lowest BCUT2D eigenvalue weighted by molar-refractivity contribution is 0.0660. The topological polar surface area (TPSA) is 88.8 Å². The van der Waals surface area contributed by atoms with E-state index in [0.717, 1.165) is 0 Å². The Morgan fingerprint density at radius 2 is 1.73 bits per heavy atom. The molecule has 0 saturated carbocycles. The molecule has 0 atom stereocenters. The van der Waals surface area contributed by atoms with Crippen molar-refractivity contribution in [2.45, 2.75) is 26.4 Å². The molecule has 0 bridgehead atoms. The van der Waals surface area contributed by atoms with Gasteiger partial charge in [-0.25, -0.2) is 4.79 Å². The van der Waals surface area contributed by atoms with Crippen LogP contribution < -0.4 is 10.1 Å². The molecule has 1 aromatic carbocycles. The second-order valence-corrected chi connectivity index (χ2v) is 5.63. The molecule has 0 spiro atoms. The summed E-state index contributed by atoms with van der Waals surface area (Å²) < 4.78 is 10.7. The summed E-state index contributed by atoms with van der Waals surface area (Å²) >= 11 is 0. The number of rotatable bonds is 4. The molecule has 22 heavy (non-hydrogen) atoms. The van der Waals surface area contributed by atoms with Crippen LogP contribution in [-0.2, 0) is 0 Å². The molecule has 116 valence electrons. The van der Waals surface area contributed by atoms with Crippen LogP contribution in [0.2, 0.25) is 0 Å². The van der Waals surface area contributed by atoms with Crippen molar-refractivity contribution in [3.63, 3.8) is 0 Å². The van der Waals surface area contributed by atoms with Gasteiger partial charge in [-0.2, -0.15) is 0 Å². The summed E-state index contributed by atoms with van der Waals surface area (Å²) in [6, 6.07) is 9.54. The van der Waals surface area contributed by atoms with Crippen molar-refractivity contribution >= 4 is 17.6 Å². The van der Waals surface area contributed by atoms with Gasteiger partial charge in [0, 0.05) is 0 Å². The zero-order valence-corrected chi connectivity index (χ0v) is 12.5. The van der Waals surface area contributed by atoms with Gasteiger partial charge in [-0.3, -0.25) is 4.79 Å². The Balaban J connectivity index is 2.19. The first-order chi connectivity index (χ1) is 10.3. The summed E-state index contributed by atoms with van der Waals surface area (Å²) in [6.45, 7) is 5.70. The molecule has 0 unspecified atom stereocenters. The summed E-state index contributed by atoms with van der Waals surface area (Å²) in [6.07, 6.45) is 0. The number of para-hydroxylation sites is 2. The van der Waals surface area contributed by atoms with E-state index in [1.165, 1.54) is 12.1 Å². The molecule has 0 fully saturated rings. The van der Waals surface area contributed by atoms with E-state index in [4.69, 9.17) is 14.3 Å². The highest BCUT2D eigenvalue weighted by Gasteiger charge is 2.18. The van der Waals surface area contributed by atoms with Gasteiger partial charge in [0.15, 0.2) is 5.76 Å². The summed E-state index contributed by atoms with van der Waals surface area (Å²) in [5.41, 5.74) is 0.0674. The molecule has 0 aliphatic rings. The SMILES string of the molecule is CC(C)(C)Oc1ccccc1NC(=O)c1ccc(C(=O)O)o1. The van der Waals surface area contributed by atoms with Crippen molar-refractivity contribution in [2.75, 3.05) is 5.32 Å².